The molecule has 86 valence electrons. The number of aromatic nitrogens is 3. The molecule has 0 aliphatic heterocycles. The molecule has 0 aliphatic carbocycles. The van der Waals surface area contributed by atoms with Crippen molar-refractivity contribution in [2.75, 3.05) is 6.54 Å². The summed E-state index contributed by atoms with van der Waals surface area (Å²) in [5.74, 6) is 0. The molecule has 1 atom stereocenters. The highest BCUT2D eigenvalue weighted by Crippen LogP contribution is 2.29. The predicted molar refractivity (Wildman–Crippen MR) is 65.8 cm³/mol. The van der Waals surface area contributed by atoms with Crippen LogP contribution in [-0.4, -0.2) is 22.0 Å². The fourth-order valence-electron chi connectivity index (χ4n) is 1.47. The first kappa shape index (κ1) is 11.6. The molecule has 4 nitrogen and oxygen atoms in total. The van der Waals surface area contributed by atoms with E-state index in [2.05, 4.69) is 27.7 Å². The third kappa shape index (κ3) is 2.61. The Morgan fingerprint density at radius 2 is 2.44 bits per heavy atom. The van der Waals surface area contributed by atoms with Crippen molar-refractivity contribution >= 4 is 22.9 Å². The van der Waals surface area contributed by atoms with Gasteiger partial charge in [-0.3, -0.25) is 0 Å². The van der Waals surface area contributed by atoms with Crippen molar-refractivity contribution in [3.8, 4) is 0 Å². The molecule has 0 spiro atoms. The van der Waals surface area contributed by atoms with Gasteiger partial charge in [0, 0.05) is 4.88 Å². The number of aromatic amines is 1. The monoisotopic (exact) mass is 256 g/mol. The maximum atomic E-state index is 5.95. The maximum absolute atomic E-state index is 5.95. The second kappa shape index (κ2) is 5.43. The Morgan fingerprint density at radius 3 is 3.00 bits per heavy atom. The van der Waals surface area contributed by atoms with Crippen LogP contribution in [0.15, 0.2) is 18.3 Å². The van der Waals surface area contributed by atoms with Gasteiger partial charge in [-0.2, -0.15) is 15.4 Å². The van der Waals surface area contributed by atoms with Crippen molar-refractivity contribution in [2.24, 2.45) is 0 Å². The van der Waals surface area contributed by atoms with Crippen LogP contribution in [-0.2, 0) is 0 Å². The highest BCUT2D eigenvalue weighted by molar-refractivity contribution is 7.16. The predicted octanol–water partition coefficient (Wildman–Crippen LogP) is 2.61. The minimum absolute atomic E-state index is 0.0798. The van der Waals surface area contributed by atoms with Gasteiger partial charge in [-0.25, -0.2) is 0 Å². The molecule has 0 saturated carbocycles. The average Bonchev–Trinajstić information content (AvgIpc) is 2.91. The third-order valence-electron chi connectivity index (χ3n) is 2.21. The molecule has 6 heteroatoms. The van der Waals surface area contributed by atoms with E-state index in [0.717, 1.165) is 27.9 Å². The van der Waals surface area contributed by atoms with E-state index >= 15 is 0 Å². The second-order valence-electron chi connectivity index (χ2n) is 3.42. The van der Waals surface area contributed by atoms with Gasteiger partial charge in [0.1, 0.15) is 5.69 Å². The van der Waals surface area contributed by atoms with Crippen molar-refractivity contribution in [1.82, 2.24) is 20.7 Å². The van der Waals surface area contributed by atoms with E-state index in [0.29, 0.717) is 0 Å². The Bertz CT molecular complexity index is 426. The van der Waals surface area contributed by atoms with E-state index in [9.17, 15) is 0 Å². The zero-order chi connectivity index (χ0) is 11.4. The lowest BCUT2D eigenvalue weighted by atomic mass is 10.2. The molecule has 0 radical (unpaired) electrons. The number of hydrogen-bond donors (Lipinski definition) is 2. The Balaban J connectivity index is 2.21. The summed E-state index contributed by atoms with van der Waals surface area (Å²) in [7, 11) is 0. The number of rotatable bonds is 5. The summed E-state index contributed by atoms with van der Waals surface area (Å²) in [5.41, 5.74) is 0.895. The zero-order valence-electron chi connectivity index (χ0n) is 8.90. The summed E-state index contributed by atoms with van der Waals surface area (Å²) in [5, 5.41) is 14.0. The molecule has 0 aliphatic rings. The molecular weight excluding hydrogens is 244 g/mol. The zero-order valence-corrected chi connectivity index (χ0v) is 10.5. The normalized spacial score (nSPS) is 12.9. The molecule has 2 aromatic heterocycles. The summed E-state index contributed by atoms with van der Waals surface area (Å²) < 4.78 is 0.793. The molecule has 1 unspecified atom stereocenters. The molecule has 2 heterocycles. The molecular formula is C10H13ClN4S. The molecule has 2 aromatic rings. The van der Waals surface area contributed by atoms with E-state index in [1.54, 1.807) is 17.5 Å². The largest absolute Gasteiger partial charge is 0.304 e. The highest BCUT2D eigenvalue weighted by Gasteiger charge is 2.17. The number of halogens is 1. The van der Waals surface area contributed by atoms with Crippen molar-refractivity contribution in [2.45, 2.75) is 19.4 Å². The first-order valence-corrected chi connectivity index (χ1v) is 6.35. The van der Waals surface area contributed by atoms with Crippen LogP contribution < -0.4 is 5.32 Å². The van der Waals surface area contributed by atoms with Gasteiger partial charge in [0.2, 0.25) is 0 Å². The summed E-state index contributed by atoms with van der Waals surface area (Å²) >= 11 is 7.51. The number of nitrogens with one attached hydrogen (secondary N) is 2. The molecule has 2 rings (SSSR count). The highest BCUT2D eigenvalue weighted by atomic mass is 35.5. The van der Waals surface area contributed by atoms with E-state index in [1.807, 2.05) is 12.1 Å². The number of hydrogen-bond acceptors (Lipinski definition) is 4. The Morgan fingerprint density at radius 1 is 1.56 bits per heavy atom. The fourth-order valence-corrected chi connectivity index (χ4v) is 2.62. The SMILES string of the molecule is CCCNC(c1cn[nH]n1)c1ccc(Cl)s1. The van der Waals surface area contributed by atoms with Gasteiger partial charge in [-0.15, -0.1) is 11.3 Å². The smallest absolute Gasteiger partial charge is 0.105 e. The van der Waals surface area contributed by atoms with Gasteiger partial charge in [0.15, 0.2) is 0 Å². The molecule has 0 aromatic carbocycles. The van der Waals surface area contributed by atoms with Gasteiger partial charge >= 0.3 is 0 Å². The summed E-state index contributed by atoms with van der Waals surface area (Å²) in [6, 6.07) is 4.01. The van der Waals surface area contributed by atoms with Crippen molar-refractivity contribution < 1.29 is 0 Å². The van der Waals surface area contributed by atoms with Crippen LogP contribution in [0.3, 0.4) is 0 Å². The minimum Gasteiger partial charge on any atom is -0.304 e. The third-order valence-corrected chi connectivity index (χ3v) is 3.50. The van der Waals surface area contributed by atoms with Crippen LogP contribution in [0.1, 0.15) is 30.0 Å². The van der Waals surface area contributed by atoms with Crippen LogP contribution in [0.25, 0.3) is 0 Å². The summed E-state index contributed by atoms with van der Waals surface area (Å²) in [6.45, 7) is 3.07. The van der Waals surface area contributed by atoms with Crippen molar-refractivity contribution in [3.05, 3.63) is 33.2 Å². The summed E-state index contributed by atoms with van der Waals surface area (Å²) in [4.78, 5) is 1.16. The minimum atomic E-state index is 0.0798. The summed E-state index contributed by atoms with van der Waals surface area (Å²) in [6.07, 6.45) is 2.81. The van der Waals surface area contributed by atoms with Crippen LogP contribution in [0.4, 0.5) is 0 Å². The maximum Gasteiger partial charge on any atom is 0.105 e. The van der Waals surface area contributed by atoms with Gasteiger partial charge in [-0.1, -0.05) is 18.5 Å². The lowest BCUT2D eigenvalue weighted by Gasteiger charge is -2.13. The molecule has 16 heavy (non-hydrogen) atoms. The van der Waals surface area contributed by atoms with Crippen molar-refractivity contribution in [3.63, 3.8) is 0 Å². The first-order chi connectivity index (χ1) is 7.81. The van der Waals surface area contributed by atoms with Gasteiger partial charge in [0.05, 0.1) is 16.6 Å². The molecule has 2 N–H and O–H groups in total. The van der Waals surface area contributed by atoms with E-state index in [4.69, 9.17) is 11.6 Å². The fraction of sp³-hybridized carbons (Fsp3) is 0.400. The molecule has 0 saturated heterocycles. The number of H-pyrrole nitrogens is 1. The quantitative estimate of drug-likeness (QED) is 0.865. The average molecular weight is 257 g/mol. The molecule has 0 bridgehead atoms. The standard InChI is InChI=1S/C10H13ClN4S/c1-2-5-12-10(7-6-13-15-14-7)8-3-4-9(11)16-8/h3-4,6,10,12H,2,5H2,1H3,(H,13,14,15). The lowest BCUT2D eigenvalue weighted by Crippen LogP contribution is -2.22. The van der Waals surface area contributed by atoms with Crippen molar-refractivity contribution in [1.29, 1.82) is 0 Å². The van der Waals surface area contributed by atoms with E-state index in [-0.39, 0.29) is 6.04 Å². The van der Waals surface area contributed by atoms with Gasteiger partial charge < -0.3 is 5.32 Å². The van der Waals surface area contributed by atoms with Crippen LogP contribution >= 0.6 is 22.9 Å². The van der Waals surface area contributed by atoms with Gasteiger partial charge in [-0.05, 0) is 25.1 Å². The van der Waals surface area contributed by atoms with E-state index < -0.39 is 0 Å². The van der Waals surface area contributed by atoms with E-state index in [1.165, 1.54) is 0 Å². The molecule has 0 fully saturated rings. The first-order valence-electron chi connectivity index (χ1n) is 5.15. The van der Waals surface area contributed by atoms with Crippen LogP contribution in [0.5, 0.6) is 0 Å². The topological polar surface area (TPSA) is 53.6 Å². The Labute approximate surface area is 103 Å². The molecule has 0 amide bonds. The van der Waals surface area contributed by atoms with Crippen LogP contribution in [0.2, 0.25) is 4.34 Å². The van der Waals surface area contributed by atoms with Crippen LogP contribution in [0, 0.1) is 0 Å². The Kier molecular flexibility index (Phi) is 3.93. The second-order valence-corrected chi connectivity index (χ2v) is 5.17. The Hall–Kier alpha value is -0.910. The lowest BCUT2D eigenvalue weighted by molar-refractivity contribution is 0.592. The number of nitrogens with zero attached hydrogens (tertiary/aromatic N) is 2. The number of thiophene rings is 1. The van der Waals surface area contributed by atoms with Gasteiger partial charge in [0.25, 0.3) is 0 Å².